The maximum Gasteiger partial charge on any atom is 0.387 e. The minimum Gasteiger partial charge on any atom is -0.496 e. The van der Waals surface area contributed by atoms with Gasteiger partial charge in [-0.2, -0.15) is 8.78 Å². The number of benzene rings is 1. The Hall–Kier alpha value is -1.95. The molecule has 1 aromatic heterocycles. The summed E-state index contributed by atoms with van der Waals surface area (Å²) in [7, 11) is 1.43. The van der Waals surface area contributed by atoms with Crippen LogP contribution in [0, 0.1) is 6.92 Å². The summed E-state index contributed by atoms with van der Waals surface area (Å²) in [5, 5.41) is 8.05. The highest BCUT2D eigenvalue weighted by Crippen LogP contribution is 2.34. The van der Waals surface area contributed by atoms with Crippen molar-refractivity contribution in [2.75, 3.05) is 7.11 Å². The molecule has 0 N–H and O–H groups in total. The van der Waals surface area contributed by atoms with Crippen LogP contribution in [0.25, 0.3) is 11.3 Å². The van der Waals surface area contributed by atoms with Crippen LogP contribution >= 0.6 is 11.6 Å². The monoisotopic (exact) mass is 300 g/mol. The van der Waals surface area contributed by atoms with E-state index in [0.29, 0.717) is 17.0 Å². The predicted molar refractivity (Wildman–Crippen MR) is 70.4 cm³/mol. The lowest BCUT2D eigenvalue weighted by Crippen LogP contribution is -2.02. The Morgan fingerprint density at radius 2 is 1.95 bits per heavy atom. The third-order valence-electron chi connectivity index (χ3n) is 2.61. The van der Waals surface area contributed by atoms with E-state index < -0.39 is 6.61 Å². The molecule has 2 rings (SSSR count). The Bertz CT molecular complexity index is 623. The van der Waals surface area contributed by atoms with E-state index in [1.165, 1.54) is 19.2 Å². The molecule has 0 atom stereocenters. The maximum absolute atomic E-state index is 12.2. The van der Waals surface area contributed by atoms with Gasteiger partial charge in [0.15, 0.2) is 5.15 Å². The van der Waals surface area contributed by atoms with Gasteiger partial charge in [-0.05, 0) is 30.7 Å². The molecule has 0 amide bonds. The van der Waals surface area contributed by atoms with Crippen molar-refractivity contribution in [1.29, 1.82) is 0 Å². The first-order valence-corrected chi connectivity index (χ1v) is 6.02. The molecule has 0 saturated heterocycles. The second-order valence-electron chi connectivity index (χ2n) is 3.94. The number of alkyl halides is 2. The highest BCUT2D eigenvalue weighted by atomic mass is 35.5. The lowest BCUT2D eigenvalue weighted by molar-refractivity contribution is -0.0499. The van der Waals surface area contributed by atoms with Crippen molar-refractivity contribution in [3.63, 3.8) is 0 Å². The molecule has 4 nitrogen and oxygen atoms in total. The summed E-state index contributed by atoms with van der Waals surface area (Å²) in [6.07, 6.45) is 0. The van der Waals surface area contributed by atoms with Crippen molar-refractivity contribution >= 4 is 11.6 Å². The molecule has 0 fully saturated rings. The number of hydrogen-bond acceptors (Lipinski definition) is 4. The van der Waals surface area contributed by atoms with Crippen molar-refractivity contribution in [1.82, 2.24) is 10.2 Å². The number of halogens is 3. The first-order valence-electron chi connectivity index (χ1n) is 5.64. The molecule has 0 aliphatic heterocycles. The summed E-state index contributed by atoms with van der Waals surface area (Å²) in [4.78, 5) is 0. The van der Waals surface area contributed by atoms with Crippen molar-refractivity contribution < 1.29 is 18.3 Å². The SMILES string of the molecule is COc1cc(OC(F)F)ccc1-c1nnc(Cl)cc1C. The summed E-state index contributed by atoms with van der Waals surface area (Å²) in [5.74, 6) is 0.378. The molecule has 0 bridgehead atoms. The van der Waals surface area contributed by atoms with Crippen LogP contribution in [0.15, 0.2) is 24.3 Å². The van der Waals surface area contributed by atoms with Crippen molar-refractivity contribution in [3.8, 4) is 22.8 Å². The summed E-state index contributed by atoms with van der Waals surface area (Å²) < 4.78 is 33.9. The zero-order valence-corrected chi connectivity index (χ0v) is 11.5. The smallest absolute Gasteiger partial charge is 0.387 e. The van der Waals surface area contributed by atoms with Crippen LogP contribution in [0.4, 0.5) is 8.78 Å². The van der Waals surface area contributed by atoms with Gasteiger partial charge in [0, 0.05) is 11.6 Å². The summed E-state index contributed by atoms with van der Waals surface area (Å²) in [6.45, 7) is -1.07. The Morgan fingerprint density at radius 1 is 1.20 bits per heavy atom. The zero-order valence-electron chi connectivity index (χ0n) is 10.7. The molecule has 7 heteroatoms. The van der Waals surface area contributed by atoms with Crippen LogP contribution < -0.4 is 9.47 Å². The predicted octanol–water partition coefficient (Wildman–Crippen LogP) is 3.72. The average Bonchev–Trinajstić information content (AvgIpc) is 2.38. The molecule has 0 aliphatic carbocycles. The van der Waals surface area contributed by atoms with E-state index >= 15 is 0 Å². The van der Waals surface area contributed by atoms with Crippen molar-refractivity contribution in [2.24, 2.45) is 0 Å². The van der Waals surface area contributed by atoms with Gasteiger partial charge in [-0.3, -0.25) is 0 Å². The van der Waals surface area contributed by atoms with Crippen LogP contribution in [0.3, 0.4) is 0 Å². The molecule has 0 saturated carbocycles. The van der Waals surface area contributed by atoms with Gasteiger partial charge in [0.05, 0.1) is 12.8 Å². The van der Waals surface area contributed by atoms with Gasteiger partial charge in [0.1, 0.15) is 11.5 Å². The van der Waals surface area contributed by atoms with Crippen LogP contribution in [-0.2, 0) is 0 Å². The quantitative estimate of drug-likeness (QED) is 0.863. The fourth-order valence-electron chi connectivity index (χ4n) is 1.76. The maximum atomic E-state index is 12.2. The normalized spacial score (nSPS) is 10.7. The van der Waals surface area contributed by atoms with E-state index in [0.717, 1.165) is 5.56 Å². The van der Waals surface area contributed by atoms with Gasteiger partial charge >= 0.3 is 6.61 Å². The number of aromatic nitrogens is 2. The number of hydrogen-bond donors (Lipinski definition) is 0. The van der Waals surface area contributed by atoms with E-state index in [1.807, 2.05) is 6.92 Å². The summed E-state index contributed by atoms with van der Waals surface area (Å²) >= 11 is 5.75. The van der Waals surface area contributed by atoms with Gasteiger partial charge in [0.25, 0.3) is 0 Å². The standard InChI is InChI=1S/C13H11ClF2N2O2/c1-7-5-11(14)17-18-12(7)9-4-3-8(20-13(15)16)6-10(9)19-2/h3-6,13H,1-2H3. The molecule has 0 spiro atoms. The molecule has 0 aliphatic rings. The van der Waals surface area contributed by atoms with Crippen LogP contribution in [-0.4, -0.2) is 23.9 Å². The minimum atomic E-state index is -2.89. The van der Waals surface area contributed by atoms with E-state index in [-0.39, 0.29) is 10.9 Å². The largest absolute Gasteiger partial charge is 0.496 e. The van der Waals surface area contributed by atoms with E-state index in [1.54, 1.807) is 12.1 Å². The summed E-state index contributed by atoms with van der Waals surface area (Å²) in [6, 6.07) is 6.03. The molecular formula is C13H11ClF2N2O2. The zero-order chi connectivity index (χ0) is 14.7. The van der Waals surface area contributed by atoms with E-state index in [9.17, 15) is 8.78 Å². The summed E-state index contributed by atoms with van der Waals surface area (Å²) in [5.41, 5.74) is 1.98. The number of methoxy groups -OCH3 is 1. The van der Waals surface area contributed by atoms with Gasteiger partial charge in [-0.15, -0.1) is 10.2 Å². The van der Waals surface area contributed by atoms with E-state index in [4.69, 9.17) is 16.3 Å². The van der Waals surface area contributed by atoms with Gasteiger partial charge in [-0.1, -0.05) is 11.6 Å². The Morgan fingerprint density at radius 3 is 2.55 bits per heavy atom. The third-order valence-corrected chi connectivity index (χ3v) is 2.79. The van der Waals surface area contributed by atoms with Crippen molar-refractivity contribution in [3.05, 3.63) is 35.0 Å². The van der Waals surface area contributed by atoms with Gasteiger partial charge in [0.2, 0.25) is 0 Å². The number of aryl methyl sites for hydroxylation is 1. The molecule has 20 heavy (non-hydrogen) atoms. The molecular weight excluding hydrogens is 290 g/mol. The minimum absolute atomic E-state index is 0.0141. The van der Waals surface area contributed by atoms with Crippen molar-refractivity contribution in [2.45, 2.75) is 13.5 Å². The molecule has 0 radical (unpaired) electrons. The average molecular weight is 301 g/mol. The molecule has 1 heterocycles. The topological polar surface area (TPSA) is 44.2 Å². The number of ether oxygens (including phenoxy) is 2. The molecule has 106 valence electrons. The van der Waals surface area contributed by atoms with Gasteiger partial charge in [-0.25, -0.2) is 0 Å². The van der Waals surface area contributed by atoms with Gasteiger partial charge < -0.3 is 9.47 Å². The first-order chi connectivity index (χ1) is 9.51. The number of rotatable bonds is 4. The second kappa shape index (κ2) is 6.00. The fourth-order valence-corrected chi connectivity index (χ4v) is 1.96. The lowest BCUT2D eigenvalue weighted by atomic mass is 10.1. The van der Waals surface area contributed by atoms with Crippen LogP contribution in [0.5, 0.6) is 11.5 Å². The third kappa shape index (κ3) is 3.14. The Balaban J connectivity index is 2.46. The second-order valence-corrected chi connectivity index (χ2v) is 4.33. The van der Waals surface area contributed by atoms with Crippen LogP contribution in [0.1, 0.15) is 5.56 Å². The molecule has 1 aromatic carbocycles. The van der Waals surface area contributed by atoms with Crippen LogP contribution in [0.2, 0.25) is 5.15 Å². The van der Waals surface area contributed by atoms with E-state index in [2.05, 4.69) is 14.9 Å². The highest BCUT2D eigenvalue weighted by molar-refractivity contribution is 6.29. The molecule has 2 aromatic rings. The first kappa shape index (κ1) is 14.5. The Kier molecular flexibility index (Phi) is 4.34. The highest BCUT2D eigenvalue weighted by Gasteiger charge is 2.14. The Labute approximate surface area is 119 Å². The molecule has 0 unspecified atom stereocenters. The number of nitrogens with zero attached hydrogens (tertiary/aromatic N) is 2. The fraction of sp³-hybridized carbons (Fsp3) is 0.231. The lowest BCUT2D eigenvalue weighted by Gasteiger charge is -2.12.